The molecule has 2 heterocycles. The SMILES string of the molecule is Cc1c(N)nc(C2CC2)nc1-n1ncc2ccccc21. The van der Waals surface area contributed by atoms with Crippen LogP contribution >= 0.6 is 0 Å². The number of benzene rings is 1. The van der Waals surface area contributed by atoms with Crippen LogP contribution in [0.1, 0.15) is 30.1 Å². The summed E-state index contributed by atoms with van der Waals surface area (Å²) in [7, 11) is 0. The first-order chi connectivity index (χ1) is 9.74. The van der Waals surface area contributed by atoms with Crippen molar-refractivity contribution in [3.8, 4) is 5.82 Å². The number of rotatable bonds is 2. The Morgan fingerprint density at radius 3 is 2.80 bits per heavy atom. The van der Waals surface area contributed by atoms with E-state index in [4.69, 9.17) is 10.7 Å². The molecule has 4 rings (SSSR count). The second kappa shape index (κ2) is 4.03. The lowest BCUT2D eigenvalue weighted by Gasteiger charge is -2.10. The molecule has 1 aliphatic rings. The van der Waals surface area contributed by atoms with Gasteiger partial charge in [0, 0.05) is 16.9 Å². The number of para-hydroxylation sites is 1. The third kappa shape index (κ3) is 1.66. The molecule has 20 heavy (non-hydrogen) atoms. The van der Waals surface area contributed by atoms with E-state index in [2.05, 4.69) is 10.1 Å². The number of aromatic nitrogens is 4. The molecule has 2 aromatic heterocycles. The molecule has 0 unspecified atom stereocenters. The number of anilines is 1. The van der Waals surface area contributed by atoms with Crippen LogP contribution in [0, 0.1) is 6.92 Å². The Morgan fingerprint density at radius 2 is 2.00 bits per heavy atom. The fourth-order valence-electron chi connectivity index (χ4n) is 2.41. The van der Waals surface area contributed by atoms with Gasteiger partial charge in [0.1, 0.15) is 11.6 Å². The Bertz CT molecular complexity index is 801. The Morgan fingerprint density at radius 1 is 1.20 bits per heavy atom. The van der Waals surface area contributed by atoms with Crippen LogP contribution in [0.4, 0.5) is 5.82 Å². The number of hydrogen-bond acceptors (Lipinski definition) is 4. The number of nitrogen functional groups attached to an aromatic ring is 1. The van der Waals surface area contributed by atoms with Gasteiger partial charge in [0.05, 0.1) is 11.7 Å². The second-order valence-electron chi connectivity index (χ2n) is 5.31. The molecule has 1 aliphatic carbocycles. The molecule has 0 radical (unpaired) electrons. The van der Waals surface area contributed by atoms with Gasteiger partial charge in [0.15, 0.2) is 5.82 Å². The van der Waals surface area contributed by atoms with Crippen molar-refractivity contribution in [2.24, 2.45) is 0 Å². The van der Waals surface area contributed by atoms with Gasteiger partial charge in [0.2, 0.25) is 0 Å². The molecule has 0 bridgehead atoms. The summed E-state index contributed by atoms with van der Waals surface area (Å²) in [6.07, 6.45) is 4.16. The molecule has 5 nitrogen and oxygen atoms in total. The van der Waals surface area contributed by atoms with E-state index in [0.29, 0.717) is 11.7 Å². The second-order valence-corrected chi connectivity index (χ2v) is 5.31. The first kappa shape index (κ1) is 11.4. The molecule has 0 aliphatic heterocycles. The van der Waals surface area contributed by atoms with E-state index in [9.17, 15) is 0 Å². The van der Waals surface area contributed by atoms with Gasteiger partial charge in [-0.2, -0.15) is 5.10 Å². The maximum atomic E-state index is 6.04. The lowest BCUT2D eigenvalue weighted by atomic mass is 10.2. The minimum atomic E-state index is 0.471. The Hall–Kier alpha value is -2.43. The van der Waals surface area contributed by atoms with Crippen LogP contribution in [0.15, 0.2) is 30.5 Å². The average Bonchev–Trinajstić information content (AvgIpc) is 3.22. The summed E-state index contributed by atoms with van der Waals surface area (Å²) < 4.78 is 1.86. The highest BCUT2D eigenvalue weighted by molar-refractivity contribution is 5.80. The third-order valence-corrected chi connectivity index (χ3v) is 3.80. The van der Waals surface area contributed by atoms with Crippen LogP contribution in [0.25, 0.3) is 16.7 Å². The molecule has 0 atom stereocenters. The van der Waals surface area contributed by atoms with Gasteiger partial charge in [-0.3, -0.25) is 0 Å². The van der Waals surface area contributed by atoms with Crippen molar-refractivity contribution in [2.45, 2.75) is 25.7 Å². The quantitative estimate of drug-likeness (QED) is 0.773. The van der Waals surface area contributed by atoms with Crippen LogP contribution in [-0.2, 0) is 0 Å². The van der Waals surface area contributed by atoms with E-state index >= 15 is 0 Å². The summed E-state index contributed by atoms with van der Waals surface area (Å²) in [6, 6.07) is 8.09. The molecule has 2 N–H and O–H groups in total. The topological polar surface area (TPSA) is 69.6 Å². The predicted octanol–water partition coefficient (Wildman–Crippen LogP) is 2.58. The molecule has 1 fully saturated rings. The fourth-order valence-corrected chi connectivity index (χ4v) is 2.41. The van der Waals surface area contributed by atoms with E-state index in [0.717, 1.165) is 41.0 Å². The molecular formula is C15H15N5. The number of fused-ring (bicyclic) bond motifs is 1. The normalized spacial score (nSPS) is 14.8. The minimum Gasteiger partial charge on any atom is -0.383 e. The van der Waals surface area contributed by atoms with Crippen molar-refractivity contribution in [2.75, 3.05) is 5.73 Å². The first-order valence-corrected chi connectivity index (χ1v) is 6.81. The van der Waals surface area contributed by atoms with Crippen molar-refractivity contribution >= 4 is 16.7 Å². The molecule has 3 aromatic rings. The Balaban J connectivity index is 1.97. The summed E-state index contributed by atoms with van der Waals surface area (Å²) in [4.78, 5) is 9.11. The number of hydrogen-bond donors (Lipinski definition) is 1. The van der Waals surface area contributed by atoms with Crippen molar-refractivity contribution in [1.82, 2.24) is 19.7 Å². The maximum absolute atomic E-state index is 6.04. The van der Waals surface area contributed by atoms with Gasteiger partial charge in [-0.1, -0.05) is 18.2 Å². The zero-order valence-corrected chi connectivity index (χ0v) is 11.2. The van der Waals surface area contributed by atoms with E-state index < -0.39 is 0 Å². The highest BCUT2D eigenvalue weighted by atomic mass is 15.3. The van der Waals surface area contributed by atoms with E-state index in [1.54, 1.807) is 0 Å². The summed E-state index contributed by atoms with van der Waals surface area (Å²) in [5, 5.41) is 5.55. The van der Waals surface area contributed by atoms with Gasteiger partial charge in [0.25, 0.3) is 0 Å². The standard InChI is InChI=1S/C15H15N5/c1-9-13(16)18-14(10-6-7-10)19-15(9)20-12-5-3-2-4-11(12)8-17-20/h2-5,8,10H,6-7H2,1H3,(H2,16,18,19). The summed E-state index contributed by atoms with van der Waals surface area (Å²) in [6.45, 7) is 1.94. The van der Waals surface area contributed by atoms with Crippen LogP contribution in [0.3, 0.4) is 0 Å². The van der Waals surface area contributed by atoms with E-state index in [1.807, 2.05) is 42.1 Å². The Labute approximate surface area is 116 Å². The monoisotopic (exact) mass is 265 g/mol. The fraction of sp³-hybridized carbons (Fsp3) is 0.267. The molecule has 100 valence electrons. The molecule has 1 saturated carbocycles. The van der Waals surface area contributed by atoms with Gasteiger partial charge in [-0.15, -0.1) is 0 Å². The van der Waals surface area contributed by atoms with Crippen molar-refractivity contribution in [3.05, 3.63) is 41.9 Å². The van der Waals surface area contributed by atoms with Crippen molar-refractivity contribution < 1.29 is 0 Å². The lowest BCUT2D eigenvalue weighted by molar-refractivity contribution is 0.821. The summed E-state index contributed by atoms with van der Waals surface area (Å²) in [5.41, 5.74) is 7.96. The van der Waals surface area contributed by atoms with Crippen LogP contribution < -0.4 is 5.73 Å². The van der Waals surface area contributed by atoms with E-state index in [1.165, 1.54) is 0 Å². The molecule has 0 amide bonds. The average molecular weight is 265 g/mol. The number of nitrogens with zero attached hydrogens (tertiary/aromatic N) is 4. The number of nitrogens with two attached hydrogens (primary N) is 1. The van der Waals surface area contributed by atoms with Crippen LogP contribution in [0.2, 0.25) is 0 Å². The molecule has 5 heteroatoms. The van der Waals surface area contributed by atoms with E-state index in [-0.39, 0.29) is 0 Å². The first-order valence-electron chi connectivity index (χ1n) is 6.81. The van der Waals surface area contributed by atoms with Crippen molar-refractivity contribution in [3.63, 3.8) is 0 Å². The van der Waals surface area contributed by atoms with Crippen molar-refractivity contribution in [1.29, 1.82) is 0 Å². The maximum Gasteiger partial charge on any atom is 0.162 e. The summed E-state index contributed by atoms with van der Waals surface area (Å²) >= 11 is 0. The highest BCUT2D eigenvalue weighted by Gasteiger charge is 2.28. The van der Waals surface area contributed by atoms with Crippen LogP contribution in [-0.4, -0.2) is 19.7 Å². The lowest BCUT2D eigenvalue weighted by Crippen LogP contribution is -2.09. The molecule has 0 saturated heterocycles. The summed E-state index contributed by atoms with van der Waals surface area (Å²) in [5.74, 6) is 2.67. The zero-order valence-electron chi connectivity index (χ0n) is 11.2. The highest BCUT2D eigenvalue weighted by Crippen LogP contribution is 2.39. The minimum absolute atomic E-state index is 0.471. The van der Waals surface area contributed by atoms with Gasteiger partial charge in [-0.25, -0.2) is 14.6 Å². The molecule has 1 aromatic carbocycles. The third-order valence-electron chi connectivity index (χ3n) is 3.80. The largest absolute Gasteiger partial charge is 0.383 e. The van der Waals surface area contributed by atoms with Gasteiger partial charge < -0.3 is 5.73 Å². The zero-order chi connectivity index (χ0) is 13.7. The van der Waals surface area contributed by atoms with Crippen LogP contribution in [0.5, 0.6) is 0 Å². The molecular weight excluding hydrogens is 250 g/mol. The molecule has 0 spiro atoms. The smallest absolute Gasteiger partial charge is 0.162 e. The Kier molecular flexibility index (Phi) is 2.30. The predicted molar refractivity (Wildman–Crippen MR) is 77.8 cm³/mol. The van der Waals surface area contributed by atoms with Gasteiger partial charge >= 0.3 is 0 Å². The van der Waals surface area contributed by atoms with Gasteiger partial charge in [-0.05, 0) is 25.8 Å².